The van der Waals surface area contributed by atoms with Crippen molar-refractivity contribution in [2.45, 2.75) is 13.0 Å². The van der Waals surface area contributed by atoms with Crippen molar-refractivity contribution in [2.75, 3.05) is 12.4 Å². The molecule has 7 nitrogen and oxygen atoms in total. The first kappa shape index (κ1) is 17.6. The lowest BCUT2D eigenvalue weighted by Crippen LogP contribution is -2.30. The molecule has 0 fully saturated rings. The van der Waals surface area contributed by atoms with Gasteiger partial charge in [-0.2, -0.15) is 4.73 Å². The summed E-state index contributed by atoms with van der Waals surface area (Å²) in [5.41, 5.74) is 0.534. The Morgan fingerprint density at radius 1 is 1.25 bits per heavy atom. The van der Waals surface area contributed by atoms with Crippen LogP contribution in [-0.4, -0.2) is 25.1 Å². The van der Waals surface area contributed by atoms with Gasteiger partial charge in [-0.25, -0.2) is 4.79 Å². The van der Waals surface area contributed by atoms with Gasteiger partial charge in [0, 0.05) is 17.2 Å². The Morgan fingerprint density at radius 2 is 1.92 bits per heavy atom. The zero-order valence-electron chi connectivity index (χ0n) is 13.0. The highest BCUT2D eigenvalue weighted by atomic mass is 35.5. The van der Waals surface area contributed by atoms with Gasteiger partial charge in [-0.05, 0) is 25.1 Å². The molecule has 0 saturated heterocycles. The molecular formula is C16H15ClN2O5. The van der Waals surface area contributed by atoms with Crippen molar-refractivity contribution in [3.8, 4) is 5.75 Å². The lowest BCUT2D eigenvalue weighted by molar-refractivity contribution is -0.605. The van der Waals surface area contributed by atoms with Gasteiger partial charge in [0.05, 0.1) is 18.4 Å². The normalized spacial score (nSPS) is 11.5. The van der Waals surface area contributed by atoms with E-state index in [9.17, 15) is 14.8 Å². The third kappa shape index (κ3) is 4.36. The molecule has 1 atom stereocenters. The number of carbonyl (C=O) groups excluding carboxylic acids is 2. The van der Waals surface area contributed by atoms with E-state index in [4.69, 9.17) is 21.1 Å². The fourth-order valence-electron chi connectivity index (χ4n) is 1.84. The summed E-state index contributed by atoms with van der Waals surface area (Å²) in [4.78, 5) is 24.1. The standard InChI is InChI=1S/C16H15ClN2O5/c1-10(24-16(21)11-5-7-19(22)8-6-11)15(20)18-13-9-12(17)3-4-14(13)23-2/h3-10H,1-2H3,(H,18,20)/t10-/m1/s1. The number of methoxy groups -OCH3 is 1. The Hall–Kier alpha value is -2.80. The van der Waals surface area contributed by atoms with E-state index in [0.717, 1.165) is 12.4 Å². The van der Waals surface area contributed by atoms with Crippen LogP contribution in [0, 0.1) is 5.21 Å². The van der Waals surface area contributed by atoms with Gasteiger partial charge in [0.1, 0.15) is 5.75 Å². The molecule has 0 spiro atoms. The van der Waals surface area contributed by atoms with Crippen molar-refractivity contribution in [1.29, 1.82) is 0 Å². The zero-order valence-corrected chi connectivity index (χ0v) is 13.7. The van der Waals surface area contributed by atoms with E-state index in [-0.39, 0.29) is 5.56 Å². The number of carbonyl (C=O) groups is 2. The SMILES string of the molecule is COc1ccc(Cl)cc1NC(=O)[C@@H](C)OC(=O)c1cc[n+]([O-])cc1. The maximum atomic E-state index is 12.2. The minimum Gasteiger partial charge on any atom is -0.619 e. The number of benzene rings is 1. The van der Waals surface area contributed by atoms with E-state index in [1.54, 1.807) is 12.1 Å². The van der Waals surface area contributed by atoms with Crippen LogP contribution in [0.3, 0.4) is 0 Å². The van der Waals surface area contributed by atoms with Gasteiger partial charge >= 0.3 is 5.97 Å². The average Bonchev–Trinajstić information content (AvgIpc) is 2.55. The minimum absolute atomic E-state index is 0.169. The Bertz CT molecular complexity index is 749. The smallest absolute Gasteiger partial charge is 0.339 e. The molecule has 1 aromatic carbocycles. The van der Waals surface area contributed by atoms with Gasteiger partial charge in [0.15, 0.2) is 18.5 Å². The fraction of sp³-hybridized carbons (Fsp3) is 0.188. The number of amides is 1. The van der Waals surface area contributed by atoms with Crippen LogP contribution in [-0.2, 0) is 9.53 Å². The Labute approximate surface area is 143 Å². The molecule has 0 aliphatic carbocycles. The minimum atomic E-state index is -1.05. The summed E-state index contributed by atoms with van der Waals surface area (Å²) in [6.45, 7) is 1.43. The van der Waals surface area contributed by atoms with Crippen molar-refractivity contribution in [1.82, 2.24) is 0 Å². The second kappa shape index (κ2) is 7.65. The number of hydrogen-bond donors (Lipinski definition) is 1. The van der Waals surface area contributed by atoms with Crippen molar-refractivity contribution < 1.29 is 23.8 Å². The number of hydrogen-bond acceptors (Lipinski definition) is 5. The maximum absolute atomic E-state index is 12.2. The van der Waals surface area contributed by atoms with E-state index < -0.39 is 18.0 Å². The van der Waals surface area contributed by atoms with E-state index in [1.807, 2.05) is 0 Å². The monoisotopic (exact) mass is 350 g/mol. The van der Waals surface area contributed by atoms with Crippen LogP contribution >= 0.6 is 11.6 Å². The topological polar surface area (TPSA) is 91.6 Å². The first-order valence-corrected chi connectivity index (χ1v) is 7.32. The van der Waals surface area contributed by atoms with Crippen molar-refractivity contribution in [2.24, 2.45) is 0 Å². The summed E-state index contributed by atoms with van der Waals surface area (Å²) < 4.78 is 10.7. The van der Waals surface area contributed by atoms with E-state index in [2.05, 4.69) is 5.32 Å². The van der Waals surface area contributed by atoms with Gasteiger partial charge in [0.2, 0.25) is 0 Å². The van der Waals surface area contributed by atoms with Crippen LogP contribution in [0.2, 0.25) is 5.02 Å². The predicted octanol–water partition coefficient (Wildman–Crippen LogP) is 2.17. The largest absolute Gasteiger partial charge is 0.619 e. The molecule has 0 saturated carbocycles. The van der Waals surface area contributed by atoms with Crippen LogP contribution in [0.15, 0.2) is 42.7 Å². The van der Waals surface area contributed by atoms with Crippen LogP contribution in [0.4, 0.5) is 5.69 Å². The summed E-state index contributed by atoms with van der Waals surface area (Å²) in [7, 11) is 1.46. The number of halogens is 1. The van der Waals surface area contributed by atoms with Gasteiger partial charge in [0.25, 0.3) is 5.91 Å². The number of nitrogens with zero attached hydrogens (tertiary/aromatic N) is 1. The first-order valence-electron chi connectivity index (χ1n) is 6.95. The van der Waals surface area contributed by atoms with Gasteiger partial charge < -0.3 is 20.0 Å². The Balaban J connectivity index is 2.03. The summed E-state index contributed by atoms with van der Waals surface area (Å²) in [5, 5.41) is 14.0. The second-order valence-corrected chi connectivity index (χ2v) is 5.26. The quantitative estimate of drug-likeness (QED) is 0.507. The summed E-state index contributed by atoms with van der Waals surface area (Å²) >= 11 is 5.89. The highest BCUT2D eigenvalue weighted by Gasteiger charge is 2.20. The molecule has 2 aromatic rings. The predicted molar refractivity (Wildman–Crippen MR) is 86.9 cm³/mol. The Morgan fingerprint density at radius 3 is 2.54 bits per heavy atom. The highest BCUT2D eigenvalue weighted by molar-refractivity contribution is 6.31. The molecule has 0 radical (unpaired) electrons. The molecule has 1 heterocycles. The lowest BCUT2D eigenvalue weighted by Gasteiger charge is -2.15. The van der Waals surface area contributed by atoms with Gasteiger partial charge in [-0.3, -0.25) is 4.79 Å². The molecule has 0 bridgehead atoms. The van der Waals surface area contributed by atoms with Crippen LogP contribution in [0.5, 0.6) is 5.75 Å². The Kier molecular flexibility index (Phi) is 5.59. The summed E-state index contributed by atoms with van der Waals surface area (Å²) in [5.74, 6) is -0.829. The van der Waals surface area contributed by atoms with E-state index in [1.165, 1.54) is 32.2 Å². The molecule has 24 heavy (non-hydrogen) atoms. The van der Waals surface area contributed by atoms with E-state index >= 15 is 0 Å². The fourth-order valence-corrected chi connectivity index (χ4v) is 2.02. The lowest BCUT2D eigenvalue weighted by atomic mass is 10.2. The third-order valence-corrected chi connectivity index (χ3v) is 3.35. The number of esters is 1. The van der Waals surface area contributed by atoms with Crippen LogP contribution in [0.1, 0.15) is 17.3 Å². The molecule has 8 heteroatoms. The van der Waals surface area contributed by atoms with Gasteiger partial charge in [-0.15, -0.1) is 0 Å². The molecular weight excluding hydrogens is 336 g/mol. The summed E-state index contributed by atoms with van der Waals surface area (Å²) in [6, 6.07) is 7.37. The number of aromatic nitrogens is 1. The molecule has 126 valence electrons. The third-order valence-electron chi connectivity index (χ3n) is 3.11. The number of rotatable bonds is 5. The molecule has 1 aromatic heterocycles. The maximum Gasteiger partial charge on any atom is 0.339 e. The summed E-state index contributed by atoms with van der Waals surface area (Å²) in [6.07, 6.45) is 1.27. The van der Waals surface area contributed by atoms with Gasteiger partial charge in [-0.1, -0.05) is 11.6 Å². The number of ether oxygens (including phenoxy) is 2. The van der Waals surface area contributed by atoms with Crippen molar-refractivity contribution in [3.63, 3.8) is 0 Å². The number of anilines is 1. The van der Waals surface area contributed by atoms with Crippen molar-refractivity contribution >= 4 is 29.2 Å². The molecule has 1 amide bonds. The number of pyridine rings is 1. The molecule has 2 rings (SSSR count). The van der Waals surface area contributed by atoms with Crippen LogP contribution < -0.4 is 14.8 Å². The zero-order chi connectivity index (χ0) is 17.7. The molecule has 0 unspecified atom stereocenters. The first-order chi connectivity index (χ1) is 11.4. The van der Waals surface area contributed by atoms with Crippen LogP contribution in [0.25, 0.3) is 0 Å². The molecule has 1 N–H and O–H groups in total. The second-order valence-electron chi connectivity index (χ2n) is 4.83. The van der Waals surface area contributed by atoms with E-state index in [0.29, 0.717) is 21.2 Å². The molecule has 0 aliphatic heterocycles. The highest BCUT2D eigenvalue weighted by Crippen LogP contribution is 2.27. The molecule has 0 aliphatic rings. The average molecular weight is 351 g/mol. The van der Waals surface area contributed by atoms with Crippen molar-refractivity contribution in [3.05, 3.63) is 58.5 Å². The number of nitrogens with one attached hydrogen (secondary N) is 1.